The van der Waals surface area contributed by atoms with Gasteiger partial charge >= 0.3 is 0 Å². The first-order chi connectivity index (χ1) is 9.70. The Labute approximate surface area is 120 Å². The lowest BCUT2D eigenvalue weighted by atomic mass is 10.0. The maximum absolute atomic E-state index is 11.9. The second-order valence-electron chi connectivity index (χ2n) is 5.35. The largest absolute Gasteiger partial charge is 0.356 e. The third-order valence-electron chi connectivity index (χ3n) is 3.75. The van der Waals surface area contributed by atoms with Crippen molar-refractivity contribution in [1.82, 2.24) is 10.3 Å². The molecule has 0 spiro atoms. The first-order valence-electron chi connectivity index (χ1n) is 7.42. The number of anilines is 1. The second-order valence-corrected chi connectivity index (χ2v) is 5.35. The van der Waals surface area contributed by atoms with E-state index in [1.54, 1.807) is 0 Å². The van der Waals surface area contributed by atoms with Gasteiger partial charge in [0, 0.05) is 25.3 Å². The number of carbonyl (C=O) groups is 1. The molecule has 0 radical (unpaired) electrons. The zero-order valence-corrected chi connectivity index (χ0v) is 12.1. The van der Waals surface area contributed by atoms with Gasteiger partial charge in [-0.25, -0.2) is 4.98 Å². The van der Waals surface area contributed by atoms with Crippen molar-refractivity contribution in [2.45, 2.75) is 44.7 Å². The minimum atomic E-state index is -0.367. The Balaban J connectivity index is 1.78. The smallest absolute Gasteiger partial charge is 0.237 e. The molecule has 5 heteroatoms. The molecular weight excluding hydrogens is 252 g/mol. The van der Waals surface area contributed by atoms with Gasteiger partial charge in [0.2, 0.25) is 5.91 Å². The minimum Gasteiger partial charge on any atom is -0.356 e. The van der Waals surface area contributed by atoms with Crippen LogP contribution in [0.3, 0.4) is 0 Å². The maximum Gasteiger partial charge on any atom is 0.237 e. The average molecular weight is 276 g/mol. The number of nitrogens with one attached hydrogen (secondary N) is 1. The molecule has 1 aliphatic rings. The number of amides is 1. The van der Waals surface area contributed by atoms with Crippen molar-refractivity contribution in [2.75, 3.05) is 18.0 Å². The van der Waals surface area contributed by atoms with Crippen molar-refractivity contribution < 1.29 is 4.79 Å². The molecule has 3 N–H and O–H groups in total. The summed E-state index contributed by atoms with van der Waals surface area (Å²) in [7, 11) is 0. The number of pyridine rings is 1. The van der Waals surface area contributed by atoms with E-state index >= 15 is 0 Å². The first kappa shape index (κ1) is 14.8. The number of nitrogens with zero attached hydrogens (tertiary/aromatic N) is 2. The summed E-state index contributed by atoms with van der Waals surface area (Å²) in [6.45, 7) is 3.88. The zero-order valence-electron chi connectivity index (χ0n) is 12.1. The van der Waals surface area contributed by atoms with Crippen LogP contribution in [0.2, 0.25) is 0 Å². The Morgan fingerprint density at radius 1 is 1.50 bits per heavy atom. The van der Waals surface area contributed by atoms with Crippen molar-refractivity contribution in [2.24, 2.45) is 5.73 Å². The summed E-state index contributed by atoms with van der Waals surface area (Å²) in [5.41, 5.74) is 5.83. The van der Waals surface area contributed by atoms with Crippen LogP contribution in [-0.4, -0.2) is 36.1 Å². The van der Waals surface area contributed by atoms with E-state index in [4.69, 9.17) is 5.73 Å². The van der Waals surface area contributed by atoms with Crippen LogP contribution < -0.4 is 16.0 Å². The topological polar surface area (TPSA) is 71.2 Å². The fourth-order valence-electron chi connectivity index (χ4n) is 2.54. The number of hydrogen-bond acceptors (Lipinski definition) is 4. The normalized spacial score (nSPS) is 17.8. The Morgan fingerprint density at radius 2 is 2.25 bits per heavy atom. The summed E-state index contributed by atoms with van der Waals surface area (Å²) >= 11 is 0. The summed E-state index contributed by atoms with van der Waals surface area (Å²) < 4.78 is 0. The number of nitrogens with two attached hydrogens (primary N) is 1. The highest BCUT2D eigenvalue weighted by atomic mass is 16.2. The molecular formula is C15H24N4O. The molecule has 1 atom stereocenters. The molecule has 5 nitrogen and oxygen atoms in total. The molecule has 0 aliphatic carbocycles. The molecule has 1 aliphatic heterocycles. The molecule has 0 saturated carbocycles. The van der Waals surface area contributed by atoms with E-state index < -0.39 is 0 Å². The van der Waals surface area contributed by atoms with Gasteiger partial charge in [0.25, 0.3) is 0 Å². The molecule has 1 aromatic heterocycles. The van der Waals surface area contributed by atoms with Crippen LogP contribution >= 0.6 is 0 Å². The van der Waals surface area contributed by atoms with Crippen molar-refractivity contribution in [3.63, 3.8) is 0 Å². The highest BCUT2D eigenvalue weighted by Crippen LogP contribution is 2.17. The lowest BCUT2D eigenvalue weighted by Gasteiger charge is -2.33. The van der Waals surface area contributed by atoms with Gasteiger partial charge in [-0.05, 0) is 31.4 Å². The lowest BCUT2D eigenvalue weighted by Crippen LogP contribution is -2.49. The maximum atomic E-state index is 11.9. The van der Waals surface area contributed by atoms with Crippen molar-refractivity contribution in [3.8, 4) is 0 Å². The molecule has 0 unspecified atom stereocenters. The van der Waals surface area contributed by atoms with Crippen LogP contribution in [-0.2, 0) is 4.79 Å². The van der Waals surface area contributed by atoms with Gasteiger partial charge in [-0.3, -0.25) is 4.79 Å². The molecule has 1 aromatic rings. The minimum absolute atomic E-state index is 0.0110. The molecule has 1 amide bonds. The summed E-state index contributed by atoms with van der Waals surface area (Å²) in [6, 6.07) is 5.82. The highest BCUT2D eigenvalue weighted by molar-refractivity contribution is 5.81. The van der Waals surface area contributed by atoms with Gasteiger partial charge in [0.05, 0.1) is 6.04 Å². The van der Waals surface area contributed by atoms with Crippen LogP contribution in [0.25, 0.3) is 0 Å². The Bertz CT molecular complexity index is 415. The van der Waals surface area contributed by atoms with E-state index in [9.17, 15) is 4.79 Å². The molecule has 0 aromatic carbocycles. The van der Waals surface area contributed by atoms with Crippen LogP contribution in [0.5, 0.6) is 0 Å². The monoisotopic (exact) mass is 276 g/mol. The Kier molecular flexibility index (Phi) is 5.35. The average Bonchev–Trinajstić information content (AvgIpc) is 2.49. The van der Waals surface area contributed by atoms with Crippen molar-refractivity contribution >= 4 is 11.7 Å². The van der Waals surface area contributed by atoms with Gasteiger partial charge in [0.15, 0.2) is 0 Å². The summed E-state index contributed by atoms with van der Waals surface area (Å²) in [5.74, 6) is 1.00. The predicted octanol–water partition coefficient (Wildman–Crippen LogP) is 1.29. The second kappa shape index (κ2) is 7.24. The molecule has 0 bridgehead atoms. The van der Waals surface area contributed by atoms with E-state index in [1.165, 1.54) is 0 Å². The fraction of sp³-hybridized carbons (Fsp3) is 0.600. The van der Waals surface area contributed by atoms with Gasteiger partial charge < -0.3 is 16.0 Å². The number of carbonyl (C=O) groups excluding carboxylic acids is 1. The number of piperidine rings is 1. The van der Waals surface area contributed by atoms with E-state index in [0.29, 0.717) is 0 Å². The first-order valence-corrected chi connectivity index (χ1v) is 7.42. The summed E-state index contributed by atoms with van der Waals surface area (Å²) in [6.07, 6.45) is 5.39. The van der Waals surface area contributed by atoms with Crippen LogP contribution in [0, 0.1) is 0 Å². The van der Waals surface area contributed by atoms with Crippen LogP contribution in [0.15, 0.2) is 24.4 Å². The van der Waals surface area contributed by atoms with Gasteiger partial charge in [0.1, 0.15) is 5.82 Å². The van der Waals surface area contributed by atoms with Crippen LogP contribution in [0.4, 0.5) is 5.82 Å². The summed E-state index contributed by atoms with van der Waals surface area (Å²) in [4.78, 5) is 18.5. The molecule has 1 saturated heterocycles. The highest BCUT2D eigenvalue weighted by Gasteiger charge is 2.23. The molecule has 20 heavy (non-hydrogen) atoms. The predicted molar refractivity (Wildman–Crippen MR) is 80.5 cm³/mol. The Hall–Kier alpha value is -1.62. The zero-order chi connectivity index (χ0) is 14.4. The van der Waals surface area contributed by atoms with Gasteiger partial charge in [-0.2, -0.15) is 0 Å². The number of aromatic nitrogens is 1. The van der Waals surface area contributed by atoms with E-state index in [2.05, 4.69) is 15.2 Å². The molecule has 2 heterocycles. The fourth-order valence-corrected chi connectivity index (χ4v) is 2.54. The standard InChI is InChI=1S/C15H24N4O/c1-2-5-13(16)15(20)18-12-7-10-19(11-8-12)14-6-3-4-9-17-14/h3-4,6,9,12-13H,2,5,7-8,10-11,16H2,1H3,(H,18,20)/t13-/m0/s1. The van der Waals surface area contributed by atoms with Crippen molar-refractivity contribution in [3.05, 3.63) is 24.4 Å². The SMILES string of the molecule is CCC[C@H](N)C(=O)NC1CCN(c2ccccn2)CC1. The lowest BCUT2D eigenvalue weighted by molar-refractivity contribution is -0.123. The summed E-state index contributed by atoms with van der Waals surface area (Å²) in [5, 5.41) is 3.06. The van der Waals surface area contributed by atoms with Crippen LogP contribution in [0.1, 0.15) is 32.6 Å². The number of hydrogen-bond donors (Lipinski definition) is 2. The Morgan fingerprint density at radius 3 is 2.85 bits per heavy atom. The van der Waals surface area contributed by atoms with E-state index in [-0.39, 0.29) is 18.0 Å². The molecule has 2 rings (SSSR count). The molecule has 1 fully saturated rings. The van der Waals surface area contributed by atoms with Gasteiger partial charge in [-0.1, -0.05) is 19.4 Å². The van der Waals surface area contributed by atoms with Gasteiger partial charge in [-0.15, -0.1) is 0 Å². The third kappa shape index (κ3) is 3.93. The quantitative estimate of drug-likeness (QED) is 0.850. The third-order valence-corrected chi connectivity index (χ3v) is 3.75. The van der Waals surface area contributed by atoms with E-state index in [0.717, 1.165) is 44.6 Å². The van der Waals surface area contributed by atoms with Crippen molar-refractivity contribution in [1.29, 1.82) is 0 Å². The number of rotatable bonds is 5. The molecule has 110 valence electrons. The van der Waals surface area contributed by atoms with E-state index in [1.807, 2.05) is 31.3 Å².